The molecule has 0 saturated heterocycles. The van der Waals surface area contributed by atoms with Gasteiger partial charge in [0, 0.05) is 6.92 Å². The Morgan fingerprint density at radius 1 is 1.35 bits per heavy atom. The first kappa shape index (κ1) is 15.6. The summed E-state index contributed by atoms with van der Waals surface area (Å²) in [6.07, 6.45) is -0.495. The zero-order chi connectivity index (χ0) is 15.3. The number of nitrogens with one attached hydrogen (secondary N) is 2. The Hall–Kier alpha value is -2.42. The highest BCUT2D eigenvalue weighted by Gasteiger charge is 2.23. The highest BCUT2D eigenvalue weighted by atomic mass is 32.1. The van der Waals surface area contributed by atoms with E-state index in [2.05, 4.69) is 10.6 Å². The van der Waals surface area contributed by atoms with E-state index >= 15 is 0 Å². The Labute approximate surface area is 118 Å². The second kappa shape index (κ2) is 6.66. The number of carbonyl (C=O) groups excluding carboxylic acids is 3. The van der Waals surface area contributed by atoms with Crippen LogP contribution in [0.4, 0.5) is 5.00 Å². The van der Waals surface area contributed by atoms with Gasteiger partial charge in [-0.1, -0.05) is 0 Å². The molecule has 0 aliphatic heterocycles. The fourth-order valence-electron chi connectivity index (χ4n) is 1.33. The van der Waals surface area contributed by atoms with Crippen molar-refractivity contribution < 1.29 is 24.3 Å². The predicted octanol–water partition coefficient (Wildman–Crippen LogP) is -0.235. The van der Waals surface area contributed by atoms with Crippen molar-refractivity contribution >= 4 is 40.0 Å². The number of hydrogen-bond donors (Lipinski definition) is 4. The van der Waals surface area contributed by atoms with E-state index in [1.807, 2.05) is 0 Å². The predicted molar refractivity (Wildman–Crippen MR) is 71.3 cm³/mol. The number of thiophene rings is 1. The summed E-state index contributed by atoms with van der Waals surface area (Å²) in [5, 5.41) is 14.0. The molecule has 20 heavy (non-hydrogen) atoms. The number of hydrogen-bond acceptors (Lipinski definition) is 5. The van der Waals surface area contributed by atoms with Gasteiger partial charge in [0.15, 0.2) is 0 Å². The van der Waals surface area contributed by atoms with E-state index in [9.17, 15) is 19.2 Å². The van der Waals surface area contributed by atoms with Crippen molar-refractivity contribution in [3.63, 3.8) is 0 Å². The molecule has 0 saturated carbocycles. The zero-order valence-electron chi connectivity index (χ0n) is 10.5. The lowest BCUT2D eigenvalue weighted by molar-refractivity contribution is -0.140. The molecule has 8 nitrogen and oxygen atoms in total. The van der Waals surface area contributed by atoms with Crippen molar-refractivity contribution in [2.75, 3.05) is 5.32 Å². The largest absolute Gasteiger partial charge is 0.480 e. The quantitative estimate of drug-likeness (QED) is 0.574. The van der Waals surface area contributed by atoms with E-state index in [4.69, 9.17) is 10.8 Å². The lowest BCUT2D eigenvalue weighted by Crippen LogP contribution is -2.43. The van der Waals surface area contributed by atoms with Gasteiger partial charge >= 0.3 is 5.97 Å². The van der Waals surface area contributed by atoms with Gasteiger partial charge in [-0.3, -0.25) is 14.4 Å². The number of carbonyl (C=O) groups is 4. The molecule has 108 valence electrons. The maximum Gasteiger partial charge on any atom is 0.326 e. The Morgan fingerprint density at radius 2 is 2.00 bits per heavy atom. The Kier molecular flexibility index (Phi) is 5.21. The SMILES string of the molecule is CC(=O)Nc1ccc(C(=O)N[C@@H](CC(N)=O)C(=O)O)s1. The van der Waals surface area contributed by atoms with Crippen LogP contribution >= 0.6 is 11.3 Å². The van der Waals surface area contributed by atoms with Crippen LogP contribution in [-0.2, 0) is 14.4 Å². The standard InChI is InChI=1S/C11H13N3O5S/c1-5(15)13-9-3-2-7(20-9)10(17)14-6(11(18)19)4-8(12)16/h2-3,6H,4H2,1H3,(H2,12,16)(H,13,15)(H,14,17)(H,18,19)/t6-/m0/s1. The summed E-state index contributed by atoms with van der Waals surface area (Å²) in [5.74, 6) is -3.12. The first-order chi connectivity index (χ1) is 9.29. The van der Waals surface area contributed by atoms with E-state index in [1.54, 1.807) is 0 Å². The number of aliphatic carboxylic acids is 1. The minimum absolute atomic E-state index is 0.212. The Bertz CT molecular complexity index is 554. The summed E-state index contributed by atoms with van der Waals surface area (Å²) in [7, 11) is 0. The van der Waals surface area contributed by atoms with Gasteiger partial charge in [-0.05, 0) is 12.1 Å². The van der Waals surface area contributed by atoms with Gasteiger partial charge in [0.1, 0.15) is 6.04 Å². The van der Waals surface area contributed by atoms with Crippen molar-refractivity contribution in [2.45, 2.75) is 19.4 Å². The average molecular weight is 299 g/mol. The molecule has 1 aromatic rings. The Balaban J connectivity index is 2.73. The van der Waals surface area contributed by atoms with Crippen LogP contribution in [0.3, 0.4) is 0 Å². The van der Waals surface area contributed by atoms with Crippen LogP contribution in [0.2, 0.25) is 0 Å². The molecular weight excluding hydrogens is 286 g/mol. The van der Waals surface area contributed by atoms with Crippen molar-refractivity contribution in [2.24, 2.45) is 5.73 Å². The van der Waals surface area contributed by atoms with Crippen LogP contribution in [0, 0.1) is 0 Å². The van der Waals surface area contributed by atoms with E-state index in [-0.39, 0.29) is 10.8 Å². The molecule has 1 heterocycles. The minimum atomic E-state index is -1.38. The summed E-state index contributed by atoms with van der Waals surface area (Å²) in [4.78, 5) is 44.5. The molecule has 0 bridgehead atoms. The molecule has 0 aliphatic carbocycles. The first-order valence-corrected chi connectivity index (χ1v) is 6.30. The monoisotopic (exact) mass is 299 g/mol. The number of nitrogens with two attached hydrogens (primary N) is 1. The summed E-state index contributed by atoms with van der Waals surface area (Å²) >= 11 is 0.989. The van der Waals surface area contributed by atoms with Gasteiger partial charge in [0.25, 0.3) is 5.91 Å². The van der Waals surface area contributed by atoms with Crippen LogP contribution < -0.4 is 16.4 Å². The second-order valence-corrected chi connectivity index (χ2v) is 4.96. The molecule has 9 heteroatoms. The fourth-order valence-corrected chi connectivity index (χ4v) is 2.19. The molecule has 0 aliphatic rings. The van der Waals surface area contributed by atoms with Crippen LogP contribution in [0.25, 0.3) is 0 Å². The molecule has 3 amide bonds. The molecule has 0 radical (unpaired) electrons. The van der Waals surface area contributed by atoms with Crippen LogP contribution in [-0.4, -0.2) is 34.8 Å². The molecule has 0 unspecified atom stereocenters. The topological polar surface area (TPSA) is 139 Å². The molecule has 0 aromatic carbocycles. The molecule has 1 aromatic heterocycles. The van der Waals surface area contributed by atoms with Crippen LogP contribution in [0.1, 0.15) is 23.0 Å². The molecule has 0 spiro atoms. The maximum atomic E-state index is 11.8. The number of anilines is 1. The first-order valence-electron chi connectivity index (χ1n) is 5.49. The van der Waals surface area contributed by atoms with Crippen molar-refractivity contribution in [1.82, 2.24) is 5.32 Å². The lowest BCUT2D eigenvalue weighted by Gasteiger charge is -2.11. The molecule has 1 rings (SSSR count). The van der Waals surface area contributed by atoms with Crippen LogP contribution in [0.5, 0.6) is 0 Å². The number of primary amides is 1. The van der Waals surface area contributed by atoms with E-state index in [0.717, 1.165) is 11.3 Å². The maximum absolute atomic E-state index is 11.8. The summed E-state index contributed by atoms with van der Waals surface area (Å²) in [6.45, 7) is 1.33. The summed E-state index contributed by atoms with van der Waals surface area (Å²) in [6, 6.07) is 1.57. The van der Waals surface area contributed by atoms with E-state index in [0.29, 0.717) is 5.00 Å². The minimum Gasteiger partial charge on any atom is -0.480 e. The normalized spacial score (nSPS) is 11.4. The molecule has 1 atom stereocenters. The molecular formula is C11H13N3O5S. The Morgan fingerprint density at radius 3 is 2.50 bits per heavy atom. The summed E-state index contributed by atoms with van der Waals surface area (Å²) in [5.41, 5.74) is 4.91. The number of carboxylic acids is 1. The van der Waals surface area contributed by atoms with Crippen molar-refractivity contribution in [1.29, 1.82) is 0 Å². The third kappa shape index (κ3) is 4.69. The van der Waals surface area contributed by atoms with Crippen LogP contribution in [0.15, 0.2) is 12.1 Å². The molecule has 0 fully saturated rings. The smallest absolute Gasteiger partial charge is 0.326 e. The third-order valence-electron chi connectivity index (χ3n) is 2.14. The number of rotatable bonds is 6. The van der Waals surface area contributed by atoms with Gasteiger partial charge < -0.3 is 21.5 Å². The molecule has 5 N–H and O–H groups in total. The lowest BCUT2D eigenvalue weighted by atomic mass is 10.2. The zero-order valence-corrected chi connectivity index (χ0v) is 11.3. The van der Waals surface area contributed by atoms with Gasteiger partial charge in [0.2, 0.25) is 11.8 Å². The van der Waals surface area contributed by atoms with Gasteiger partial charge in [-0.25, -0.2) is 4.79 Å². The van der Waals surface area contributed by atoms with Gasteiger partial charge in [0.05, 0.1) is 16.3 Å². The van der Waals surface area contributed by atoms with Crippen molar-refractivity contribution in [3.05, 3.63) is 17.0 Å². The highest BCUT2D eigenvalue weighted by molar-refractivity contribution is 7.18. The summed E-state index contributed by atoms with van der Waals surface area (Å²) < 4.78 is 0. The average Bonchev–Trinajstić information content (AvgIpc) is 2.74. The van der Waals surface area contributed by atoms with Crippen molar-refractivity contribution in [3.8, 4) is 0 Å². The number of amides is 3. The van der Waals surface area contributed by atoms with E-state index in [1.165, 1.54) is 19.1 Å². The highest BCUT2D eigenvalue weighted by Crippen LogP contribution is 2.21. The second-order valence-electron chi connectivity index (χ2n) is 3.88. The van der Waals surface area contributed by atoms with Gasteiger partial charge in [-0.2, -0.15) is 0 Å². The fraction of sp³-hybridized carbons (Fsp3) is 0.273. The number of carboxylic acid groups (broad SMARTS) is 1. The van der Waals surface area contributed by atoms with E-state index < -0.39 is 30.2 Å². The van der Waals surface area contributed by atoms with Gasteiger partial charge in [-0.15, -0.1) is 11.3 Å². The third-order valence-corrected chi connectivity index (χ3v) is 3.14.